The van der Waals surface area contributed by atoms with Crippen molar-refractivity contribution in [3.63, 3.8) is 0 Å². The molecule has 1 amide bonds. The Balaban J connectivity index is 1.59. The van der Waals surface area contributed by atoms with E-state index in [4.69, 9.17) is 16.3 Å². The number of hydrogen-bond donors (Lipinski definition) is 1. The largest absolute Gasteiger partial charge is 0.475 e. The molecule has 0 saturated carbocycles. The Kier molecular flexibility index (Phi) is 4.17. The fourth-order valence-electron chi connectivity index (χ4n) is 2.78. The van der Waals surface area contributed by atoms with Crippen molar-refractivity contribution in [1.82, 2.24) is 20.0 Å². The van der Waals surface area contributed by atoms with Crippen LogP contribution in [-0.2, 0) is 6.54 Å². The monoisotopic (exact) mass is 310 g/mol. The van der Waals surface area contributed by atoms with Gasteiger partial charge in [-0.1, -0.05) is 17.7 Å². The summed E-state index contributed by atoms with van der Waals surface area (Å²) in [5, 5.41) is 7.56. The number of likely N-dealkylation sites (tertiary alicyclic amines) is 1. The van der Waals surface area contributed by atoms with E-state index >= 15 is 0 Å². The van der Waals surface area contributed by atoms with Gasteiger partial charge in [0.2, 0.25) is 5.88 Å². The Morgan fingerprint density at radius 3 is 2.90 bits per heavy atom. The van der Waals surface area contributed by atoms with Gasteiger partial charge in [-0.05, 0) is 12.8 Å². The number of ether oxygens (including phenoxy) is 1. The van der Waals surface area contributed by atoms with E-state index in [0.29, 0.717) is 24.1 Å². The minimum atomic E-state index is -0.215. The number of carbonyl (C=O) groups is 1. The fourth-order valence-corrected chi connectivity index (χ4v) is 3.06. The molecule has 3 rings (SSSR count). The third-order valence-corrected chi connectivity index (χ3v) is 4.26. The first-order valence-electron chi connectivity index (χ1n) is 7.22. The molecule has 1 N–H and O–H groups in total. The highest BCUT2D eigenvalue weighted by Gasteiger charge is 2.28. The lowest BCUT2D eigenvalue weighted by Gasteiger charge is -2.31. The Bertz CT molecular complexity index is 549. The van der Waals surface area contributed by atoms with Crippen LogP contribution in [-0.4, -0.2) is 52.9 Å². The summed E-state index contributed by atoms with van der Waals surface area (Å²) in [5.41, 5.74) is 0.264. The second kappa shape index (κ2) is 6.07. The first kappa shape index (κ1) is 14.4. The third-order valence-electron chi connectivity index (χ3n) is 3.92. The fraction of sp³-hybridized carbons (Fsp3) is 0.571. The summed E-state index contributed by atoms with van der Waals surface area (Å²) in [7, 11) is 0. The molecular formula is C14H19ClN4O2. The van der Waals surface area contributed by atoms with E-state index in [0.717, 1.165) is 32.5 Å². The molecule has 0 aromatic carbocycles. The van der Waals surface area contributed by atoms with Gasteiger partial charge in [0, 0.05) is 25.7 Å². The number of nitrogens with one attached hydrogen (secondary N) is 1. The number of nitrogens with zero attached hydrogens (tertiary/aromatic N) is 3. The van der Waals surface area contributed by atoms with Crippen molar-refractivity contribution in [3.05, 3.63) is 23.4 Å². The van der Waals surface area contributed by atoms with Crippen LogP contribution in [0.3, 0.4) is 0 Å². The van der Waals surface area contributed by atoms with E-state index in [-0.39, 0.29) is 17.6 Å². The van der Waals surface area contributed by atoms with Crippen LogP contribution in [0.25, 0.3) is 0 Å². The first-order chi connectivity index (χ1) is 10.2. The molecule has 7 heteroatoms. The maximum Gasteiger partial charge on any atom is 0.273 e. The van der Waals surface area contributed by atoms with Crippen LogP contribution in [0, 0.1) is 0 Å². The predicted octanol–water partition coefficient (Wildman–Crippen LogP) is 1.31. The lowest BCUT2D eigenvalue weighted by Crippen LogP contribution is -2.44. The molecule has 0 bridgehead atoms. The molecule has 1 aromatic rings. The zero-order chi connectivity index (χ0) is 14.8. The molecule has 0 radical (unpaired) electrons. The number of amides is 1. The molecule has 0 aliphatic carbocycles. The van der Waals surface area contributed by atoms with Gasteiger partial charge >= 0.3 is 0 Å². The summed E-state index contributed by atoms with van der Waals surface area (Å²) in [5.74, 6) is 0.287. The summed E-state index contributed by atoms with van der Waals surface area (Å²) in [4.78, 5) is 14.6. The Morgan fingerprint density at radius 2 is 2.24 bits per heavy atom. The third kappa shape index (κ3) is 2.91. The number of carbonyl (C=O) groups excluding carboxylic acids is 1. The van der Waals surface area contributed by atoms with E-state index < -0.39 is 0 Å². The van der Waals surface area contributed by atoms with Crippen molar-refractivity contribution in [1.29, 1.82) is 0 Å². The van der Waals surface area contributed by atoms with Crippen molar-refractivity contribution in [2.45, 2.75) is 25.4 Å². The molecule has 114 valence electrons. The molecule has 3 heterocycles. The number of fused-ring (bicyclic) bond motifs is 1. The van der Waals surface area contributed by atoms with Crippen molar-refractivity contribution >= 4 is 17.5 Å². The number of rotatable bonds is 4. The van der Waals surface area contributed by atoms with E-state index in [9.17, 15) is 4.79 Å². The molecule has 2 aliphatic rings. The molecular weight excluding hydrogens is 292 g/mol. The van der Waals surface area contributed by atoms with Gasteiger partial charge in [0.25, 0.3) is 5.91 Å². The lowest BCUT2D eigenvalue weighted by molar-refractivity contribution is 0.0908. The number of hydrogen-bond acceptors (Lipinski definition) is 4. The lowest BCUT2D eigenvalue weighted by atomic mass is 10.0. The van der Waals surface area contributed by atoms with Crippen LogP contribution in [0.1, 0.15) is 23.3 Å². The van der Waals surface area contributed by atoms with Crippen molar-refractivity contribution in [2.24, 2.45) is 0 Å². The standard InChI is InChI=1S/C14H19ClN4O2/c1-2-5-18-6-3-10(4-7-18)16-13(20)12-11(15)14-19(17-12)8-9-21-14/h2,10H,1,3-9H2,(H,16,20). The summed E-state index contributed by atoms with van der Waals surface area (Å²) < 4.78 is 7.01. The van der Waals surface area contributed by atoms with Gasteiger partial charge in [-0.2, -0.15) is 5.10 Å². The Labute approximate surface area is 128 Å². The normalized spacial score (nSPS) is 19.1. The molecule has 21 heavy (non-hydrogen) atoms. The highest BCUT2D eigenvalue weighted by molar-refractivity contribution is 6.34. The topological polar surface area (TPSA) is 59.4 Å². The van der Waals surface area contributed by atoms with E-state index in [1.165, 1.54) is 0 Å². The zero-order valence-electron chi connectivity index (χ0n) is 11.8. The second-order valence-electron chi connectivity index (χ2n) is 5.38. The van der Waals surface area contributed by atoms with Gasteiger partial charge in [-0.25, -0.2) is 4.68 Å². The van der Waals surface area contributed by atoms with Crippen LogP contribution >= 0.6 is 11.6 Å². The van der Waals surface area contributed by atoms with Crippen LogP contribution in [0.4, 0.5) is 0 Å². The van der Waals surface area contributed by atoms with Crippen LogP contribution < -0.4 is 10.1 Å². The van der Waals surface area contributed by atoms with Gasteiger partial charge in [-0.3, -0.25) is 9.69 Å². The van der Waals surface area contributed by atoms with Gasteiger partial charge in [-0.15, -0.1) is 6.58 Å². The van der Waals surface area contributed by atoms with Crippen LogP contribution in [0.5, 0.6) is 5.88 Å². The molecule has 1 fully saturated rings. The first-order valence-corrected chi connectivity index (χ1v) is 7.60. The quantitative estimate of drug-likeness (QED) is 0.852. The Hall–Kier alpha value is -1.53. The summed E-state index contributed by atoms with van der Waals surface area (Å²) in [6, 6.07) is 0.173. The maximum atomic E-state index is 12.3. The second-order valence-corrected chi connectivity index (χ2v) is 5.75. The van der Waals surface area contributed by atoms with Gasteiger partial charge in [0.1, 0.15) is 11.6 Å². The van der Waals surface area contributed by atoms with Gasteiger partial charge in [0.05, 0.1) is 6.54 Å². The average molecular weight is 311 g/mol. The minimum absolute atomic E-state index is 0.173. The van der Waals surface area contributed by atoms with Gasteiger partial charge in [0.15, 0.2) is 5.69 Å². The van der Waals surface area contributed by atoms with E-state index in [2.05, 4.69) is 21.9 Å². The highest BCUT2D eigenvalue weighted by Crippen LogP contribution is 2.31. The highest BCUT2D eigenvalue weighted by atomic mass is 35.5. The SMILES string of the molecule is C=CCN1CCC(NC(=O)c2nn3c(c2Cl)OCC3)CC1. The molecule has 0 atom stereocenters. The van der Waals surface area contributed by atoms with Crippen LogP contribution in [0.15, 0.2) is 12.7 Å². The van der Waals surface area contributed by atoms with E-state index in [1.807, 2.05) is 6.08 Å². The Morgan fingerprint density at radius 1 is 1.48 bits per heavy atom. The molecule has 2 aliphatic heterocycles. The zero-order valence-corrected chi connectivity index (χ0v) is 12.6. The molecule has 6 nitrogen and oxygen atoms in total. The summed E-state index contributed by atoms with van der Waals surface area (Å²) in [6.45, 7) is 7.78. The predicted molar refractivity (Wildman–Crippen MR) is 79.9 cm³/mol. The van der Waals surface area contributed by atoms with Crippen molar-refractivity contribution in [3.8, 4) is 5.88 Å². The molecule has 0 unspecified atom stereocenters. The minimum Gasteiger partial charge on any atom is -0.475 e. The average Bonchev–Trinajstić information content (AvgIpc) is 3.05. The van der Waals surface area contributed by atoms with Crippen molar-refractivity contribution < 1.29 is 9.53 Å². The van der Waals surface area contributed by atoms with Gasteiger partial charge < -0.3 is 10.1 Å². The van der Waals surface area contributed by atoms with Crippen LogP contribution in [0.2, 0.25) is 5.02 Å². The molecule has 1 aromatic heterocycles. The smallest absolute Gasteiger partial charge is 0.273 e. The number of halogens is 1. The summed E-state index contributed by atoms with van der Waals surface area (Å²) in [6.07, 6.45) is 3.77. The number of piperidine rings is 1. The molecule has 1 saturated heterocycles. The molecule has 0 spiro atoms. The summed E-state index contributed by atoms with van der Waals surface area (Å²) >= 11 is 6.16. The maximum absolute atomic E-state index is 12.3. The number of aromatic nitrogens is 2. The van der Waals surface area contributed by atoms with E-state index in [1.54, 1.807) is 4.68 Å². The van der Waals surface area contributed by atoms with Crippen molar-refractivity contribution in [2.75, 3.05) is 26.2 Å².